The standard InChI is InChI=1S/C21H26N2O6S/c1-5-23(6-2)30(26,27)18-11-10-15(3)19(13-18)22-20(24)14-29-21(25)16-8-7-9-17(12-16)28-4/h7-13H,5-6,14H2,1-4H3,(H,22,24). The summed E-state index contributed by atoms with van der Waals surface area (Å²) in [5.41, 5.74) is 1.28. The van der Waals surface area contributed by atoms with E-state index in [9.17, 15) is 18.0 Å². The summed E-state index contributed by atoms with van der Waals surface area (Å²) in [5, 5.41) is 2.60. The minimum absolute atomic E-state index is 0.0838. The maximum absolute atomic E-state index is 12.7. The zero-order chi connectivity index (χ0) is 22.3. The van der Waals surface area contributed by atoms with Crippen molar-refractivity contribution in [2.24, 2.45) is 0 Å². The van der Waals surface area contributed by atoms with Crippen molar-refractivity contribution >= 4 is 27.6 Å². The summed E-state index contributed by atoms with van der Waals surface area (Å²) < 4.78 is 36.8. The van der Waals surface area contributed by atoms with Crippen molar-refractivity contribution in [3.05, 3.63) is 53.6 Å². The molecule has 2 aromatic carbocycles. The van der Waals surface area contributed by atoms with Gasteiger partial charge in [-0.2, -0.15) is 4.31 Å². The molecule has 30 heavy (non-hydrogen) atoms. The Hall–Kier alpha value is -2.91. The van der Waals surface area contributed by atoms with Crippen molar-refractivity contribution in [3.63, 3.8) is 0 Å². The van der Waals surface area contributed by atoms with Crippen LogP contribution >= 0.6 is 0 Å². The molecule has 0 aliphatic heterocycles. The Kier molecular flexibility index (Phi) is 7.96. The van der Waals surface area contributed by atoms with Gasteiger partial charge in [0.25, 0.3) is 5.91 Å². The quantitative estimate of drug-likeness (QED) is 0.609. The molecule has 0 heterocycles. The molecule has 0 aliphatic rings. The third-order valence-electron chi connectivity index (χ3n) is 4.47. The van der Waals surface area contributed by atoms with Gasteiger partial charge in [-0.3, -0.25) is 4.79 Å². The van der Waals surface area contributed by atoms with Gasteiger partial charge in [0.15, 0.2) is 6.61 Å². The smallest absolute Gasteiger partial charge is 0.338 e. The fraction of sp³-hybridized carbons (Fsp3) is 0.333. The van der Waals surface area contributed by atoms with Gasteiger partial charge in [0.05, 0.1) is 17.6 Å². The molecule has 0 bridgehead atoms. The predicted molar refractivity (Wildman–Crippen MR) is 113 cm³/mol. The number of carbonyl (C=O) groups is 2. The highest BCUT2D eigenvalue weighted by Gasteiger charge is 2.22. The van der Waals surface area contributed by atoms with Gasteiger partial charge in [-0.15, -0.1) is 0 Å². The monoisotopic (exact) mass is 434 g/mol. The second-order valence-electron chi connectivity index (χ2n) is 6.42. The molecule has 2 aromatic rings. The lowest BCUT2D eigenvalue weighted by Gasteiger charge is -2.19. The van der Waals surface area contributed by atoms with Crippen LogP contribution in [0.2, 0.25) is 0 Å². The van der Waals surface area contributed by atoms with Crippen LogP contribution in [0.1, 0.15) is 29.8 Å². The van der Waals surface area contributed by atoms with E-state index in [1.165, 1.54) is 29.6 Å². The molecule has 0 aliphatic carbocycles. The lowest BCUT2D eigenvalue weighted by atomic mass is 10.2. The number of aryl methyl sites for hydroxylation is 1. The van der Waals surface area contributed by atoms with Gasteiger partial charge in [0.2, 0.25) is 10.0 Å². The number of amides is 1. The molecule has 2 rings (SSSR count). The number of ether oxygens (including phenoxy) is 2. The Balaban J connectivity index is 2.08. The number of carbonyl (C=O) groups excluding carboxylic acids is 2. The average Bonchev–Trinajstić information content (AvgIpc) is 2.74. The Morgan fingerprint density at radius 1 is 1.07 bits per heavy atom. The van der Waals surface area contributed by atoms with Crippen molar-refractivity contribution in [2.45, 2.75) is 25.7 Å². The van der Waals surface area contributed by atoms with Crippen molar-refractivity contribution in [2.75, 3.05) is 32.1 Å². The first-order valence-corrected chi connectivity index (χ1v) is 10.9. The predicted octanol–water partition coefficient (Wildman–Crippen LogP) is 2.83. The molecule has 0 aromatic heterocycles. The second-order valence-corrected chi connectivity index (χ2v) is 8.36. The summed E-state index contributed by atoms with van der Waals surface area (Å²) >= 11 is 0. The molecule has 0 atom stereocenters. The van der Waals surface area contributed by atoms with Gasteiger partial charge in [-0.25, -0.2) is 13.2 Å². The molecule has 0 saturated heterocycles. The van der Waals surface area contributed by atoms with Gasteiger partial charge in [-0.1, -0.05) is 26.0 Å². The maximum atomic E-state index is 12.7. The molecule has 162 valence electrons. The van der Waals surface area contributed by atoms with Crippen LogP contribution in [0, 0.1) is 6.92 Å². The maximum Gasteiger partial charge on any atom is 0.338 e. The zero-order valence-corrected chi connectivity index (χ0v) is 18.3. The number of esters is 1. The molecular weight excluding hydrogens is 408 g/mol. The van der Waals surface area contributed by atoms with Crippen LogP contribution < -0.4 is 10.1 Å². The van der Waals surface area contributed by atoms with Gasteiger partial charge in [0, 0.05) is 18.8 Å². The largest absolute Gasteiger partial charge is 0.497 e. The van der Waals surface area contributed by atoms with E-state index in [0.717, 1.165) is 0 Å². The van der Waals surface area contributed by atoms with Crippen molar-refractivity contribution in [3.8, 4) is 5.75 Å². The van der Waals surface area contributed by atoms with E-state index >= 15 is 0 Å². The highest BCUT2D eigenvalue weighted by atomic mass is 32.2. The highest BCUT2D eigenvalue weighted by molar-refractivity contribution is 7.89. The average molecular weight is 435 g/mol. The molecular formula is C21H26N2O6S. The second kappa shape index (κ2) is 10.2. The highest BCUT2D eigenvalue weighted by Crippen LogP contribution is 2.23. The minimum Gasteiger partial charge on any atom is -0.497 e. The van der Waals surface area contributed by atoms with E-state index in [1.54, 1.807) is 45.0 Å². The van der Waals surface area contributed by atoms with E-state index < -0.39 is 28.5 Å². The lowest BCUT2D eigenvalue weighted by molar-refractivity contribution is -0.119. The number of hydrogen-bond acceptors (Lipinski definition) is 6. The zero-order valence-electron chi connectivity index (χ0n) is 17.5. The molecule has 0 spiro atoms. The number of hydrogen-bond donors (Lipinski definition) is 1. The fourth-order valence-electron chi connectivity index (χ4n) is 2.76. The van der Waals surface area contributed by atoms with E-state index in [0.29, 0.717) is 30.1 Å². The Morgan fingerprint density at radius 3 is 2.40 bits per heavy atom. The fourth-order valence-corrected chi connectivity index (χ4v) is 4.24. The van der Waals surface area contributed by atoms with Crippen LogP contribution in [0.5, 0.6) is 5.75 Å². The number of methoxy groups -OCH3 is 1. The van der Waals surface area contributed by atoms with Crippen LogP contribution in [0.3, 0.4) is 0 Å². The van der Waals surface area contributed by atoms with Crippen molar-refractivity contribution in [1.82, 2.24) is 4.31 Å². The number of nitrogens with zero attached hydrogens (tertiary/aromatic N) is 1. The van der Waals surface area contributed by atoms with Crippen LogP contribution in [-0.4, -0.2) is 51.4 Å². The summed E-state index contributed by atoms with van der Waals surface area (Å²) in [7, 11) is -2.18. The Bertz CT molecular complexity index is 1020. The first-order valence-electron chi connectivity index (χ1n) is 9.44. The number of anilines is 1. The summed E-state index contributed by atoms with van der Waals surface area (Å²) in [6.45, 7) is 5.43. The van der Waals surface area contributed by atoms with E-state index in [4.69, 9.17) is 9.47 Å². The molecule has 9 heteroatoms. The Labute approximate surface area is 176 Å². The molecule has 1 amide bonds. The summed E-state index contributed by atoms with van der Waals surface area (Å²) in [6, 6.07) is 10.9. The third-order valence-corrected chi connectivity index (χ3v) is 6.51. The van der Waals surface area contributed by atoms with Crippen LogP contribution in [0.4, 0.5) is 5.69 Å². The molecule has 0 saturated carbocycles. The number of benzene rings is 2. The normalized spacial score (nSPS) is 11.2. The lowest BCUT2D eigenvalue weighted by Crippen LogP contribution is -2.30. The molecule has 0 unspecified atom stereocenters. The molecule has 0 fully saturated rings. The van der Waals surface area contributed by atoms with Crippen LogP contribution in [-0.2, 0) is 19.6 Å². The third kappa shape index (κ3) is 5.58. The summed E-state index contributed by atoms with van der Waals surface area (Å²) in [4.78, 5) is 24.5. The van der Waals surface area contributed by atoms with E-state index in [-0.39, 0.29) is 10.5 Å². The van der Waals surface area contributed by atoms with E-state index in [1.807, 2.05) is 0 Å². The number of rotatable bonds is 9. The molecule has 8 nitrogen and oxygen atoms in total. The Morgan fingerprint density at radius 2 is 1.77 bits per heavy atom. The minimum atomic E-state index is -3.66. The van der Waals surface area contributed by atoms with Crippen molar-refractivity contribution in [1.29, 1.82) is 0 Å². The topological polar surface area (TPSA) is 102 Å². The first kappa shape index (κ1) is 23.4. The number of sulfonamides is 1. The molecule has 1 N–H and O–H groups in total. The molecule has 0 radical (unpaired) electrons. The number of nitrogens with one attached hydrogen (secondary N) is 1. The van der Waals surface area contributed by atoms with Crippen LogP contribution in [0.25, 0.3) is 0 Å². The van der Waals surface area contributed by atoms with Crippen molar-refractivity contribution < 1.29 is 27.5 Å². The summed E-state index contributed by atoms with van der Waals surface area (Å²) in [5.74, 6) is -0.749. The van der Waals surface area contributed by atoms with Gasteiger partial charge < -0.3 is 14.8 Å². The summed E-state index contributed by atoms with van der Waals surface area (Å²) in [6.07, 6.45) is 0. The van der Waals surface area contributed by atoms with Gasteiger partial charge in [-0.05, 0) is 42.8 Å². The van der Waals surface area contributed by atoms with Gasteiger partial charge >= 0.3 is 5.97 Å². The van der Waals surface area contributed by atoms with Gasteiger partial charge in [0.1, 0.15) is 5.75 Å². The SMILES string of the molecule is CCN(CC)S(=O)(=O)c1ccc(C)c(NC(=O)COC(=O)c2cccc(OC)c2)c1. The first-order chi connectivity index (χ1) is 14.2. The van der Waals surface area contributed by atoms with Crippen LogP contribution in [0.15, 0.2) is 47.4 Å². The van der Waals surface area contributed by atoms with E-state index in [2.05, 4.69) is 5.32 Å².